The van der Waals surface area contributed by atoms with Crippen molar-refractivity contribution in [1.82, 2.24) is 9.99 Å². The van der Waals surface area contributed by atoms with Gasteiger partial charge < -0.3 is 19.8 Å². The predicted molar refractivity (Wildman–Crippen MR) is 109 cm³/mol. The molecule has 0 aliphatic carbocycles. The number of para-hydroxylation sites is 1. The second-order valence-electron chi connectivity index (χ2n) is 5.68. The van der Waals surface area contributed by atoms with Crippen molar-refractivity contribution in [2.75, 3.05) is 24.7 Å². The highest BCUT2D eigenvalue weighted by Crippen LogP contribution is 2.22. The van der Waals surface area contributed by atoms with Crippen molar-refractivity contribution in [2.45, 2.75) is 12.5 Å². The number of esters is 1. The number of nitrogens with one attached hydrogen (secondary N) is 1. The molecule has 0 unspecified atom stereocenters. The standard InChI is InChI=1S/C17H24N4O4S2/c1-21-11-12(13-4-2-3-5-15(13)21)10-14(18)16(22)24-6-8-26-27-9-7-25-17(23)20-19/h2-5,11,14H,6-10,18-19H2,1H3,(H,20,23)/t14-/m1/s1. The van der Waals surface area contributed by atoms with Crippen LogP contribution in [-0.4, -0.2) is 47.4 Å². The van der Waals surface area contributed by atoms with Crippen LogP contribution in [0.2, 0.25) is 0 Å². The van der Waals surface area contributed by atoms with E-state index in [1.165, 1.54) is 21.6 Å². The van der Waals surface area contributed by atoms with Gasteiger partial charge in [-0.05, 0) is 11.6 Å². The first kappa shape index (κ1) is 21.4. The molecule has 1 aromatic heterocycles. The zero-order valence-electron chi connectivity index (χ0n) is 15.1. The van der Waals surface area contributed by atoms with Gasteiger partial charge in [0.15, 0.2) is 0 Å². The Morgan fingerprint density at radius 1 is 1.19 bits per heavy atom. The van der Waals surface area contributed by atoms with Crippen LogP contribution >= 0.6 is 21.6 Å². The molecule has 0 fully saturated rings. The number of fused-ring (bicyclic) bond motifs is 1. The van der Waals surface area contributed by atoms with E-state index >= 15 is 0 Å². The molecule has 0 spiro atoms. The number of nitrogens with two attached hydrogens (primary N) is 2. The van der Waals surface area contributed by atoms with E-state index in [1.807, 2.05) is 47.5 Å². The summed E-state index contributed by atoms with van der Waals surface area (Å²) >= 11 is 0. The Hall–Kier alpha value is -1.88. The van der Waals surface area contributed by atoms with Gasteiger partial charge in [0.25, 0.3) is 0 Å². The molecule has 27 heavy (non-hydrogen) atoms. The van der Waals surface area contributed by atoms with Gasteiger partial charge in [-0.2, -0.15) is 0 Å². The van der Waals surface area contributed by atoms with Gasteiger partial charge in [0, 0.05) is 42.1 Å². The predicted octanol–water partition coefficient (Wildman–Crippen LogP) is 1.57. The quantitative estimate of drug-likeness (QED) is 0.134. The Labute approximate surface area is 165 Å². The smallest absolute Gasteiger partial charge is 0.421 e. The van der Waals surface area contributed by atoms with E-state index in [1.54, 1.807) is 0 Å². The number of ether oxygens (including phenoxy) is 2. The van der Waals surface area contributed by atoms with E-state index in [-0.39, 0.29) is 13.2 Å². The van der Waals surface area contributed by atoms with Crippen LogP contribution in [0.4, 0.5) is 4.79 Å². The SMILES string of the molecule is Cn1cc(C[C@@H](N)C(=O)OCCSSCCOC(=O)NN)c2ccccc21. The summed E-state index contributed by atoms with van der Waals surface area (Å²) in [6.45, 7) is 0.542. The normalized spacial score (nSPS) is 12.0. The maximum atomic E-state index is 12.1. The second-order valence-corrected chi connectivity index (χ2v) is 8.39. The summed E-state index contributed by atoms with van der Waals surface area (Å²) in [4.78, 5) is 22.8. The number of aromatic nitrogens is 1. The van der Waals surface area contributed by atoms with Gasteiger partial charge in [-0.15, -0.1) is 0 Å². The van der Waals surface area contributed by atoms with Crippen molar-refractivity contribution in [3.05, 3.63) is 36.0 Å². The van der Waals surface area contributed by atoms with Crippen LogP contribution in [0.15, 0.2) is 30.5 Å². The van der Waals surface area contributed by atoms with Crippen LogP contribution < -0.4 is 17.0 Å². The molecule has 1 atom stereocenters. The van der Waals surface area contributed by atoms with E-state index in [4.69, 9.17) is 21.1 Å². The second kappa shape index (κ2) is 11.1. The summed E-state index contributed by atoms with van der Waals surface area (Å²) in [5.74, 6) is 5.72. The molecular formula is C17H24N4O4S2. The molecule has 2 rings (SSSR count). The molecular weight excluding hydrogens is 388 g/mol. The van der Waals surface area contributed by atoms with E-state index in [0.29, 0.717) is 17.9 Å². The molecule has 0 aliphatic rings. The number of nitrogens with zero attached hydrogens (tertiary/aromatic N) is 1. The summed E-state index contributed by atoms with van der Waals surface area (Å²) in [6.07, 6.45) is 1.77. The van der Waals surface area contributed by atoms with Gasteiger partial charge in [0.1, 0.15) is 19.3 Å². The molecule has 148 valence electrons. The fraction of sp³-hybridized carbons (Fsp3) is 0.412. The average Bonchev–Trinajstić information content (AvgIpc) is 2.99. The number of rotatable bonds is 10. The number of carbonyl (C=O) groups is 2. The van der Waals surface area contributed by atoms with Crippen molar-refractivity contribution in [3.63, 3.8) is 0 Å². The van der Waals surface area contributed by atoms with Crippen LogP contribution in [0.3, 0.4) is 0 Å². The summed E-state index contributed by atoms with van der Waals surface area (Å²) < 4.78 is 12.0. The van der Waals surface area contributed by atoms with Crippen molar-refractivity contribution < 1.29 is 19.1 Å². The Bertz CT molecular complexity index is 768. The zero-order valence-corrected chi connectivity index (χ0v) is 16.7. The van der Waals surface area contributed by atoms with Gasteiger partial charge in [0.05, 0.1) is 0 Å². The van der Waals surface area contributed by atoms with Crippen molar-refractivity contribution in [1.29, 1.82) is 0 Å². The summed E-state index contributed by atoms with van der Waals surface area (Å²) in [5, 5.41) is 1.10. The molecule has 1 aromatic carbocycles. The van der Waals surface area contributed by atoms with Gasteiger partial charge in [-0.3, -0.25) is 10.2 Å². The third kappa shape index (κ3) is 6.65. The highest BCUT2D eigenvalue weighted by Gasteiger charge is 2.18. The summed E-state index contributed by atoms with van der Waals surface area (Å²) in [5.41, 5.74) is 10.0. The van der Waals surface area contributed by atoms with Gasteiger partial charge >= 0.3 is 12.1 Å². The number of amides is 1. The van der Waals surface area contributed by atoms with E-state index < -0.39 is 18.1 Å². The van der Waals surface area contributed by atoms with Gasteiger partial charge in [0.2, 0.25) is 0 Å². The fourth-order valence-corrected chi connectivity index (χ4v) is 4.17. The number of carbonyl (C=O) groups excluding carboxylic acids is 2. The minimum atomic E-state index is -0.698. The summed E-state index contributed by atoms with van der Waals surface area (Å²) in [7, 11) is 5.02. The highest BCUT2D eigenvalue weighted by atomic mass is 33.1. The van der Waals surface area contributed by atoms with Crippen molar-refractivity contribution >= 4 is 44.6 Å². The van der Waals surface area contributed by atoms with Crippen molar-refractivity contribution in [2.24, 2.45) is 18.6 Å². The van der Waals surface area contributed by atoms with Crippen LogP contribution in [0.25, 0.3) is 10.9 Å². The summed E-state index contributed by atoms with van der Waals surface area (Å²) in [6, 6.07) is 7.31. The van der Waals surface area contributed by atoms with E-state index in [9.17, 15) is 9.59 Å². The van der Waals surface area contributed by atoms with Crippen LogP contribution in [-0.2, 0) is 27.7 Å². The molecule has 0 saturated heterocycles. The van der Waals surface area contributed by atoms with Crippen molar-refractivity contribution in [3.8, 4) is 0 Å². The Kier molecular flexibility index (Phi) is 8.79. The molecule has 2 aromatic rings. The lowest BCUT2D eigenvalue weighted by molar-refractivity contribution is -0.144. The third-order valence-corrected chi connectivity index (χ3v) is 6.07. The first-order chi connectivity index (χ1) is 13.0. The number of benzene rings is 1. The minimum absolute atomic E-state index is 0.260. The van der Waals surface area contributed by atoms with E-state index in [0.717, 1.165) is 16.5 Å². The number of aryl methyl sites for hydroxylation is 1. The number of hydrogen-bond donors (Lipinski definition) is 3. The maximum Gasteiger partial charge on any atom is 0.421 e. The van der Waals surface area contributed by atoms with Gasteiger partial charge in [-0.1, -0.05) is 39.8 Å². The van der Waals surface area contributed by atoms with E-state index in [2.05, 4.69) is 0 Å². The lowest BCUT2D eigenvalue weighted by atomic mass is 10.1. The molecule has 0 radical (unpaired) electrons. The monoisotopic (exact) mass is 412 g/mol. The van der Waals surface area contributed by atoms with Crippen LogP contribution in [0.1, 0.15) is 5.56 Å². The molecule has 0 saturated carbocycles. The third-order valence-electron chi connectivity index (χ3n) is 3.73. The molecule has 8 nitrogen and oxygen atoms in total. The van der Waals surface area contributed by atoms with Gasteiger partial charge in [-0.25, -0.2) is 10.6 Å². The highest BCUT2D eigenvalue weighted by molar-refractivity contribution is 8.76. The van der Waals surface area contributed by atoms with Crippen LogP contribution in [0.5, 0.6) is 0 Å². The Morgan fingerprint density at radius 3 is 2.56 bits per heavy atom. The van der Waals surface area contributed by atoms with Crippen LogP contribution in [0, 0.1) is 0 Å². The molecule has 10 heteroatoms. The topological polar surface area (TPSA) is 122 Å². The first-order valence-electron chi connectivity index (χ1n) is 8.36. The lowest BCUT2D eigenvalue weighted by Crippen LogP contribution is -2.34. The molecule has 1 amide bonds. The minimum Gasteiger partial charge on any atom is -0.464 e. The largest absolute Gasteiger partial charge is 0.464 e. The fourth-order valence-electron chi connectivity index (χ4n) is 2.52. The number of hydrazine groups is 1. The Balaban J connectivity index is 1.65. The average molecular weight is 413 g/mol. The number of hydrogen-bond acceptors (Lipinski definition) is 8. The zero-order chi connectivity index (χ0) is 19.6. The molecule has 1 heterocycles. The first-order valence-corrected chi connectivity index (χ1v) is 10.8. The Morgan fingerprint density at radius 2 is 1.85 bits per heavy atom. The molecule has 0 aliphatic heterocycles. The molecule has 0 bridgehead atoms. The molecule has 5 N–H and O–H groups in total. The lowest BCUT2D eigenvalue weighted by Gasteiger charge is -2.11. The maximum absolute atomic E-state index is 12.1.